The summed E-state index contributed by atoms with van der Waals surface area (Å²) in [4.78, 5) is 0. The smallest absolute Gasteiger partial charge is 0.151 e. The fourth-order valence-corrected chi connectivity index (χ4v) is 3.59. The molecule has 1 rings (SSSR count). The van der Waals surface area contributed by atoms with Crippen LogP contribution in [0.2, 0.25) is 0 Å². The first-order valence-corrected chi connectivity index (χ1v) is 7.93. The Morgan fingerprint density at radius 3 is 2.81 bits per heavy atom. The maximum atomic E-state index is 11.7. The zero-order valence-electron chi connectivity index (χ0n) is 10.0. The molecule has 0 radical (unpaired) electrons. The van der Waals surface area contributed by atoms with Gasteiger partial charge >= 0.3 is 0 Å². The summed E-state index contributed by atoms with van der Waals surface area (Å²) in [5.74, 6) is 0.371. The van der Waals surface area contributed by atoms with Gasteiger partial charge in [0.25, 0.3) is 0 Å². The minimum Gasteiger partial charge on any atom is -0.378 e. The average molecular weight is 249 g/mol. The Bertz CT molecular complexity index is 284. The molecule has 1 saturated heterocycles. The van der Waals surface area contributed by atoms with E-state index < -0.39 is 9.84 Å². The van der Waals surface area contributed by atoms with Gasteiger partial charge in [-0.3, -0.25) is 0 Å². The van der Waals surface area contributed by atoms with Crippen molar-refractivity contribution < 1.29 is 13.2 Å². The third-order valence-electron chi connectivity index (χ3n) is 3.00. The standard InChI is InChI=1S/C11H23NO3S/c1-2-10(12)9-16(13,14)8-4-6-11-5-3-7-15-11/h10-11H,2-9,12H2,1H3. The number of hydrogen-bond acceptors (Lipinski definition) is 4. The van der Waals surface area contributed by atoms with Crippen molar-refractivity contribution in [3.8, 4) is 0 Å². The van der Waals surface area contributed by atoms with Crippen molar-refractivity contribution in [2.75, 3.05) is 18.1 Å². The van der Waals surface area contributed by atoms with Gasteiger partial charge in [-0.15, -0.1) is 0 Å². The van der Waals surface area contributed by atoms with Crippen molar-refractivity contribution >= 4 is 9.84 Å². The number of sulfone groups is 1. The zero-order chi connectivity index (χ0) is 12.0. The van der Waals surface area contributed by atoms with Crippen LogP contribution in [0.1, 0.15) is 39.0 Å². The Morgan fingerprint density at radius 1 is 1.50 bits per heavy atom. The molecule has 0 saturated carbocycles. The van der Waals surface area contributed by atoms with Crippen molar-refractivity contribution in [1.82, 2.24) is 0 Å². The van der Waals surface area contributed by atoms with Crippen LogP contribution in [-0.4, -0.2) is 38.7 Å². The van der Waals surface area contributed by atoms with E-state index in [9.17, 15) is 8.42 Å². The van der Waals surface area contributed by atoms with E-state index in [-0.39, 0.29) is 23.7 Å². The highest BCUT2D eigenvalue weighted by molar-refractivity contribution is 7.91. The molecule has 2 N–H and O–H groups in total. The predicted octanol–water partition coefficient (Wildman–Crippen LogP) is 1.10. The van der Waals surface area contributed by atoms with Crippen LogP contribution < -0.4 is 5.73 Å². The van der Waals surface area contributed by atoms with Crippen molar-refractivity contribution in [3.05, 3.63) is 0 Å². The molecule has 1 heterocycles. The Balaban J connectivity index is 2.19. The Kier molecular flexibility index (Phi) is 5.72. The van der Waals surface area contributed by atoms with Gasteiger partial charge in [0.05, 0.1) is 17.6 Å². The zero-order valence-corrected chi connectivity index (χ0v) is 10.8. The van der Waals surface area contributed by atoms with E-state index in [1.54, 1.807) is 0 Å². The van der Waals surface area contributed by atoms with Gasteiger partial charge in [-0.1, -0.05) is 6.92 Å². The van der Waals surface area contributed by atoms with E-state index in [0.29, 0.717) is 12.8 Å². The van der Waals surface area contributed by atoms with Gasteiger partial charge in [-0.05, 0) is 32.1 Å². The maximum Gasteiger partial charge on any atom is 0.151 e. The van der Waals surface area contributed by atoms with Crippen molar-refractivity contribution in [3.63, 3.8) is 0 Å². The van der Waals surface area contributed by atoms with Crippen LogP contribution in [0.25, 0.3) is 0 Å². The molecule has 0 aromatic heterocycles. The molecule has 0 aromatic rings. The monoisotopic (exact) mass is 249 g/mol. The molecule has 0 spiro atoms. The number of rotatable bonds is 7. The van der Waals surface area contributed by atoms with Crippen LogP contribution in [0, 0.1) is 0 Å². The van der Waals surface area contributed by atoms with E-state index in [4.69, 9.17) is 10.5 Å². The van der Waals surface area contributed by atoms with Crippen molar-refractivity contribution in [2.24, 2.45) is 5.73 Å². The summed E-state index contributed by atoms with van der Waals surface area (Å²) < 4.78 is 28.8. The fourth-order valence-electron chi connectivity index (χ4n) is 1.93. The second-order valence-electron chi connectivity index (χ2n) is 4.56. The largest absolute Gasteiger partial charge is 0.378 e. The SMILES string of the molecule is CCC(N)CS(=O)(=O)CCCC1CCCO1. The molecular formula is C11H23NO3S. The normalized spacial score (nSPS) is 23.5. The van der Waals surface area contributed by atoms with Crippen LogP contribution in [0.4, 0.5) is 0 Å². The molecule has 5 heteroatoms. The molecule has 4 nitrogen and oxygen atoms in total. The summed E-state index contributed by atoms with van der Waals surface area (Å²) in [6.45, 7) is 2.74. The predicted molar refractivity (Wildman–Crippen MR) is 65.1 cm³/mol. The molecule has 0 bridgehead atoms. The molecule has 2 unspecified atom stereocenters. The van der Waals surface area contributed by atoms with E-state index in [1.807, 2.05) is 6.92 Å². The van der Waals surface area contributed by atoms with Crippen LogP contribution in [-0.2, 0) is 14.6 Å². The summed E-state index contributed by atoms with van der Waals surface area (Å²) in [7, 11) is -2.97. The first-order valence-electron chi connectivity index (χ1n) is 6.11. The molecular weight excluding hydrogens is 226 g/mol. The Hall–Kier alpha value is -0.130. The van der Waals surface area contributed by atoms with Gasteiger partial charge in [0, 0.05) is 12.6 Å². The summed E-state index contributed by atoms with van der Waals surface area (Å²) >= 11 is 0. The summed E-state index contributed by atoms with van der Waals surface area (Å²) in [5.41, 5.74) is 5.65. The topological polar surface area (TPSA) is 69.4 Å². The molecule has 1 fully saturated rings. The van der Waals surface area contributed by atoms with Gasteiger partial charge in [-0.2, -0.15) is 0 Å². The molecule has 2 atom stereocenters. The lowest BCUT2D eigenvalue weighted by atomic mass is 10.1. The van der Waals surface area contributed by atoms with E-state index in [2.05, 4.69) is 0 Å². The molecule has 0 aromatic carbocycles. The lowest BCUT2D eigenvalue weighted by Crippen LogP contribution is -2.30. The average Bonchev–Trinajstić information content (AvgIpc) is 2.69. The van der Waals surface area contributed by atoms with Crippen LogP contribution in [0.5, 0.6) is 0 Å². The van der Waals surface area contributed by atoms with Crippen LogP contribution in [0.3, 0.4) is 0 Å². The number of hydrogen-bond donors (Lipinski definition) is 1. The Labute approximate surface area is 98.5 Å². The van der Waals surface area contributed by atoms with Gasteiger partial charge < -0.3 is 10.5 Å². The van der Waals surface area contributed by atoms with E-state index >= 15 is 0 Å². The van der Waals surface area contributed by atoms with E-state index in [1.165, 1.54) is 0 Å². The molecule has 1 aliphatic heterocycles. The van der Waals surface area contributed by atoms with Gasteiger partial charge in [0.15, 0.2) is 9.84 Å². The summed E-state index contributed by atoms with van der Waals surface area (Å²) in [6.07, 6.45) is 4.75. The Morgan fingerprint density at radius 2 is 2.25 bits per heavy atom. The first-order chi connectivity index (χ1) is 7.53. The van der Waals surface area contributed by atoms with E-state index in [0.717, 1.165) is 25.9 Å². The number of nitrogens with two attached hydrogens (primary N) is 1. The number of ether oxygens (including phenoxy) is 1. The maximum absolute atomic E-state index is 11.7. The summed E-state index contributed by atoms with van der Waals surface area (Å²) in [5, 5.41) is 0. The summed E-state index contributed by atoms with van der Waals surface area (Å²) in [6, 6.07) is -0.215. The minimum atomic E-state index is -2.97. The minimum absolute atomic E-state index is 0.120. The highest BCUT2D eigenvalue weighted by Crippen LogP contribution is 2.17. The van der Waals surface area contributed by atoms with Crippen LogP contribution in [0.15, 0.2) is 0 Å². The fraction of sp³-hybridized carbons (Fsp3) is 1.00. The second-order valence-corrected chi connectivity index (χ2v) is 6.79. The third-order valence-corrected chi connectivity index (χ3v) is 4.84. The van der Waals surface area contributed by atoms with Gasteiger partial charge in [-0.25, -0.2) is 8.42 Å². The lowest BCUT2D eigenvalue weighted by Gasteiger charge is -2.11. The lowest BCUT2D eigenvalue weighted by molar-refractivity contribution is 0.104. The highest BCUT2D eigenvalue weighted by Gasteiger charge is 2.18. The first kappa shape index (κ1) is 13.9. The second kappa shape index (κ2) is 6.57. The van der Waals surface area contributed by atoms with Gasteiger partial charge in [0.1, 0.15) is 0 Å². The third kappa shape index (κ3) is 5.27. The molecule has 96 valence electrons. The molecule has 1 aliphatic rings. The molecule has 16 heavy (non-hydrogen) atoms. The molecule has 0 aliphatic carbocycles. The van der Waals surface area contributed by atoms with Crippen LogP contribution >= 0.6 is 0 Å². The van der Waals surface area contributed by atoms with Gasteiger partial charge in [0.2, 0.25) is 0 Å². The van der Waals surface area contributed by atoms with Crippen molar-refractivity contribution in [1.29, 1.82) is 0 Å². The highest BCUT2D eigenvalue weighted by atomic mass is 32.2. The van der Waals surface area contributed by atoms with Crippen molar-refractivity contribution in [2.45, 2.75) is 51.2 Å². The quantitative estimate of drug-likeness (QED) is 0.733. The molecule has 0 amide bonds.